The van der Waals surface area contributed by atoms with E-state index in [0.29, 0.717) is 27.9 Å². The second kappa shape index (κ2) is 6.05. The Morgan fingerprint density at radius 2 is 1.76 bits per heavy atom. The van der Waals surface area contributed by atoms with E-state index in [1.807, 2.05) is 0 Å². The van der Waals surface area contributed by atoms with Crippen LogP contribution in [0.4, 0.5) is 8.78 Å². The van der Waals surface area contributed by atoms with Gasteiger partial charge in [-0.1, -0.05) is 17.3 Å². The fraction of sp³-hybridized carbons (Fsp3) is 0.0667. The molecule has 0 spiro atoms. The van der Waals surface area contributed by atoms with E-state index in [1.165, 1.54) is 30.0 Å². The van der Waals surface area contributed by atoms with Crippen molar-refractivity contribution >= 4 is 11.8 Å². The summed E-state index contributed by atoms with van der Waals surface area (Å²) in [6.45, 7) is 0. The van der Waals surface area contributed by atoms with Gasteiger partial charge in [0.15, 0.2) is 0 Å². The molecule has 3 nitrogen and oxygen atoms in total. The van der Waals surface area contributed by atoms with Crippen LogP contribution in [0.15, 0.2) is 57.9 Å². The zero-order chi connectivity index (χ0) is 14.7. The molecule has 0 unspecified atom stereocenters. The Morgan fingerprint density at radius 3 is 2.52 bits per heavy atom. The van der Waals surface area contributed by atoms with Crippen molar-refractivity contribution in [1.82, 2.24) is 10.1 Å². The number of hydrogen-bond donors (Lipinski definition) is 0. The van der Waals surface area contributed by atoms with Crippen molar-refractivity contribution in [2.24, 2.45) is 0 Å². The maximum Gasteiger partial charge on any atom is 0.237 e. The van der Waals surface area contributed by atoms with Crippen LogP contribution in [0, 0.1) is 11.6 Å². The first-order valence-corrected chi connectivity index (χ1v) is 7.17. The summed E-state index contributed by atoms with van der Waals surface area (Å²) in [5.41, 5.74) is 0.669. The van der Waals surface area contributed by atoms with E-state index in [1.54, 1.807) is 30.3 Å². The summed E-state index contributed by atoms with van der Waals surface area (Å²) in [4.78, 5) is 4.74. The van der Waals surface area contributed by atoms with Gasteiger partial charge in [-0.3, -0.25) is 0 Å². The Hall–Kier alpha value is -2.21. The molecular weight excluding hydrogens is 294 g/mol. The third-order valence-electron chi connectivity index (χ3n) is 2.76. The van der Waals surface area contributed by atoms with Crippen molar-refractivity contribution < 1.29 is 13.3 Å². The first-order valence-electron chi connectivity index (χ1n) is 6.18. The zero-order valence-corrected chi connectivity index (χ0v) is 11.6. The van der Waals surface area contributed by atoms with Crippen LogP contribution < -0.4 is 0 Å². The number of rotatable bonds is 4. The van der Waals surface area contributed by atoms with Crippen LogP contribution in [0.25, 0.3) is 11.4 Å². The molecule has 3 aromatic rings. The smallest absolute Gasteiger partial charge is 0.237 e. The van der Waals surface area contributed by atoms with Gasteiger partial charge in [-0.15, -0.1) is 11.8 Å². The van der Waals surface area contributed by atoms with Crippen molar-refractivity contribution in [2.45, 2.75) is 10.6 Å². The van der Waals surface area contributed by atoms with Gasteiger partial charge in [-0.2, -0.15) is 4.98 Å². The lowest BCUT2D eigenvalue weighted by Crippen LogP contribution is -1.85. The first kappa shape index (κ1) is 13.8. The topological polar surface area (TPSA) is 38.9 Å². The molecule has 2 aromatic carbocycles. The fourth-order valence-corrected chi connectivity index (χ4v) is 2.51. The molecule has 0 saturated carbocycles. The van der Waals surface area contributed by atoms with E-state index < -0.39 is 0 Å². The quantitative estimate of drug-likeness (QED) is 0.673. The molecule has 1 heterocycles. The molecule has 0 radical (unpaired) electrons. The molecule has 0 aliphatic rings. The Balaban J connectivity index is 1.71. The third kappa shape index (κ3) is 3.28. The molecule has 6 heteroatoms. The largest absolute Gasteiger partial charge is 0.338 e. The molecule has 0 bridgehead atoms. The molecule has 0 aliphatic heterocycles. The van der Waals surface area contributed by atoms with Gasteiger partial charge in [0, 0.05) is 10.5 Å². The van der Waals surface area contributed by atoms with Crippen molar-refractivity contribution in [2.75, 3.05) is 0 Å². The van der Waals surface area contributed by atoms with E-state index in [0.717, 1.165) is 0 Å². The molecule has 3 rings (SSSR count). The number of halogens is 2. The number of aromatic nitrogens is 2. The second-order valence-electron chi connectivity index (χ2n) is 4.24. The normalized spacial score (nSPS) is 10.8. The van der Waals surface area contributed by atoms with Gasteiger partial charge in [-0.05, 0) is 36.4 Å². The predicted octanol–water partition coefficient (Wildman–Crippen LogP) is 4.31. The van der Waals surface area contributed by atoms with E-state index in [2.05, 4.69) is 10.1 Å². The lowest BCUT2D eigenvalue weighted by Gasteiger charge is -1.99. The number of hydrogen-bond acceptors (Lipinski definition) is 4. The summed E-state index contributed by atoms with van der Waals surface area (Å²) < 4.78 is 31.4. The lowest BCUT2D eigenvalue weighted by molar-refractivity contribution is 0.391. The molecule has 0 fully saturated rings. The van der Waals surface area contributed by atoms with Crippen LogP contribution in [0.3, 0.4) is 0 Å². The Labute approximate surface area is 124 Å². The highest BCUT2D eigenvalue weighted by Crippen LogP contribution is 2.25. The van der Waals surface area contributed by atoms with Crippen LogP contribution in [0.1, 0.15) is 5.89 Å². The molecule has 106 valence electrons. The molecule has 0 N–H and O–H groups in total. The molecule has 21 heavy (non-hydrogen) atoms. The second-order valence-corrected chi connectivity index (χ2v) is 5.25. The highest BCUT2D eigenvalue weighted by atomic mass is 32.2. The van der Waals surface area contributed by atoms with E-state index in [4.69, 9.17) is 4.52 Å². The van der Waals surface area contributed by atoms with Crippen molar-refractivity contribution in [3.8, 4) is 11.4 Å². The maximum absolute atomic E-state index is 13.5. The number of benzene rings is 2. The fourth-order valence-electron chi connectivity index (χ4n) is 1.73. The zero-order valence-electron chi connectivity index (χ0n) is 10.8. The first-order chi connectivity index (χ1) is 10.2. The van der Waals surface area contributed by atoms with E-state index in [-0.39, 0.29) is 11.6 Å². The predicted molar refractivity (Wildman–Crippen MR) is 75.7 cm³/mol. The third-order valence-corrected chi connectivity index (χ3v) is 3.79. The van der Waals surface area contributed by atoms with E-state index in [9.17, 15) is 8.78 Å². The summed E-state index contributed by atoms with van der Waals surface area (Å²) in [7, 11) is 0. The van der Waals surface area contributed by atoms with Crippen LogP contribution in [0.2, 0.25) is 0 Å². The number of nitrogens with zero attached hydrogens (tertiary/aromatic N) is 2. The minimum absolute atomic E-state index is 0.277. The van der Waals surface area contributed by atoms with Crippen molar-refractivity contribution in [3.05, 3.63) is 66.1 Å². The maximum atomic E-state index is 13.5. The van der Waals surface area contributed by atoms with Gasteiger partial charge < -0.3 is 4.52 Å². The van der Waals surface area contributed by atoms with Gasteiger partial charge in [0.05, 0.1) is 5.75 Å². The van der Waals surface area contributed by atoms with Crippen LogP contribution >= 0.6 is 11.8 Å². The average molecular weight is 304 g/mol. The van der Waals surface area contributed by atoms with Crippen molar-refractivity contribution in [3.63, 3.8) is 0 Å². The summed E-state index contributed by atoms with van der Waals surface area (Å²) in [5.74, 6) is 0.551. The summed E-state index contributed by atoms with van der Waals surface area (Å²) in [5, 5.41) is 3.84. The molecule has 0 aliphatic carbocycles. The lowest BCUT2D eigenvalue weighted by atomic mass is 10.2. The minimum atomic E-state index is -0.322. The van der Waals surface area contributed by atoms with E-state index >= 15 is 0 Å². The van der Waals surface area contributed by atoms with Gasteiger partial charge in [0.2, 0.25) is 11.7 Å². The standard InChI is InChI=1S/C15H10F2N2OS/c16-11-7-5-10(6-8-11)15-18-14(20-19-15)9-21-13-4-2-1-3-12(13)17/h1-8H,9H2. The van der Waals surface area contributed by atoms with Gasteiger partial charge in [-0.25, -0.2) is 8.78 Å². The van der Waals surface area contributed by atoms with Crippen molar-refractivity contribution in [1.29, 1.82) is 0 Å². The molecular formula is C15H10F2N2OS. The molecule has 0 amide bonds. The molecule has 0 atom stereocenters. The van der Waals surface area contributed by atoms with Crippen LogP contribution in [0.5, 0.6) is 0 Å². The summed E-state index contributed by atoms with van der Waals surface area (Å²) >= 11 is 1.28. The van der Waals surface area contributed by atoms with Gasteiger partial charge >= 0.3 is 0 Å². The highest BCUT2D eigenvalue weighted by molar-refractivity contribution is 7.98. The minimum Gasteiger partial charge on any atom is -0.338 e. The Kier molecular flexibility index (Phi) is 3.96. The highest BCUT2D eigenvalue weighted by Gasteiger charge is 2.10. The van der Waals surface area contributed by atoms with Crippen LogP contribution in [-0.4, -0.2) is 10.1 Å². The molecule has 0 saturated heterocycles. The Bertz CT molecular complexity index is 743. The SMILES string of the molecule is Fc1ccc(-c2noc(CSc3ccccc3F)n2)cc1. The monoisotopic (exact) mass is 304 g/mol. The summed E-state index contributed by atoms with van der Waals surface area (Å²) in [6.07, 6.45) is 0. The molecule has 1 aromatic heterocycles. The van der Waals surface area contributed by atoms with Gasteiger partial charge in [0.1, 0.15) is 11.6 Å². The number of thioether (sulfide) groups is 1. The van der Waals surface area contributed by atoms with Crippen LogP contribution in [-0.2, 0) is 5.75 Å². The Morgan fingerprint density at radius 1 is 1.00 bits per heavy atom. The van der Waals surface area contributed by atoms with Gasteiger partial charge in [0.25, 0.3) is 0 Å². The summed E-state index contributed by atoms with van der Waals surface area (Å²) in [6, 6.07) is 12.3. The average Bonchev–Trinajstić information content (AvgIpc) is 2.96.